The van der Waals surface area contributed by atoms with Gasteiger partial charge in [-0.25, -0.2) is 18.4 Å². The summed E-state index contributed by atoms with van der Waals surface area (Å²) in [5.41, 5.74) is 0.444. The Kier molecular flexibility index (Phi) is 4.16. The average molecular weight is 323 g/mol. The highest BCUT2D eigenvalue weighted by atomic mass is 32.2. The normalized spacial score (nSPS) is 18.1. The van der Waals surface area contributed by atoms with Gasteiger partial charge in [-0.1, -0.05) is 0 Å². The monoisotopic (exact) mass is 323 g/mol. The van der Waals surface area contributed by atoms with Gasteiger partial charge in [0.05, 0.1) is 18.2 Å². The Hall–Kier alpha value is -2.44. The molecule has 1 heterocycles. The topological polar surface area (TPSA) is 131 Å². The van der Waals surface area contributed by atoms with Gasteiger partial charge in [0.1, 0.15) is 11.3 Å². The highest BCUT2D eigenvalue weighted by Gasteiger charge is 2.37. The number of ether oxygens (including phenoxy) is 1. The molecule has 2 N–H and O–H groups in total. The van der Waals surface area contributed by atoms with Crippen LogP contribution in [0.25, 0.3) is 0 Å². The van der Waals surface area contributed by atoms with Crippen LogP contribution in [0.3, 0.4) is 0 Å². The van der Waals surface area contributed by atoms with Crippen LogP contribution < -0.4 is 10.0 Å². The number of sulfonamides is 1. The van der Waals surface area contributed by atoms with Crippen LogP contribution >= 0.6 is 0 Å². The summed E-state index contributed by atoms with van der Waals surface area (Å²) in [4.78, 5) is 24.7. The number of methoxy groups -OCH3 is 1. The Morgan fingerprint density at radius 2 is 2.18 bits per heavy atom. The molecule has 116 valence electrons. The SMILES string of the molecule is COC(=O)c1ccc(N2CC(S(N)(=O)=O)CC2=O)cc1C#N. The molecule has 0 saturated carbocycles. The predicted octanol–water partition coefficient (Wildman–Crippen LogP) is -0.261. The van der Waals surface area contributed by atoms with Crippen molar-refractivity contribution in [2.45, 2.75) is 11.7 Å². The number of benzene rings is 1. The molecule has 0 radical (unpaired) electrons. The van der Waals surface area contributed by atoms with E-state index in [1.54, 1.807) is 0 Å². The summed E-state index contributed by atoms with van der Waals surface area (Å²) in [6, 6.07) is 6.01. The number of rotatable bonds is 3. The zero-order chi connectivity index (χ0) is 16.5. The number of esters is 1. The molecule has 1 amide bonds. The Balaban J connectivity index is 2.37. The second-order valence-electron chi connectivity index (χ2n) is 4.75. The predicted molar refractivity (Wildman–Crippen MR) is 76.4 cm³/mol. The van der Waals surface area contributed by atoms with Crippen molar-refractivity contribution in [1.29, 1.82) is 5.26 Å². The van der Waals surface area contributed by atoms with Gasteiger partial charge in [-0.15, -0.1) is 0 Å². The van der Waals surface area contributed by atoms with Gasteiger partial charge in [-0.2, -0.15) is 5.26 Å². The number of nitriles is 1. The zero-order valence-corrected chi connectivity index (χ0v) is 12.5. The van der Waals surface area contributed by atoms with E-state index >= 15 is 0 Å². The summed E-state index contributed by atoms with van der Waals surface area (Å²) in [7, 11) is -2.63. The van der Waals surface area contributed by atoms with Crippen LogP contribution in [0.15, 0.2) is 18.2 Å². The standard InChI is InChI=1S/C13H13N3O5S/c1-21-13(18)11-3-2-9(4-8(11)6-14)16-7-10(5-12(16)17)22(15,19)20/h2-4,10H,5,7H2,1H3,(H2,15,19,20). The molecule has 2 rings (SSSR count). The first-order valence-electron chi connectivity index (χ1n) is 6.22. The van der Waals surface area contributed by atoms with Crippen LogP contribution in [0.5, 0.6) is 0 Å². The second kappa shape index (κ2) is 5.75. The van der Waals surface area contributed by atoms with Gasteiger partial charge in [-0.05, 0) is 18.2 Å². The smallest absolute Gasteiger partial charge is 0.339 e. The molecular weight excluding hydrogens is 310 g/mol. The highest BCUT2D eigenvalue weighted by molar-refractivity contribution is 7.89. The molecule has 9 heteroatoms. The average Bonchev–Trinajstić information content (AvgIpc) is 2.88. The van der Waals surface area contributed by atoms with Crippen LogP contribution in [-0.2, 0) is 19.6 Å². The third kappa shape index (κ3) is 2.93. The fourth-order valence-corrected chi connectivity index (χ4v) is 2.96. The minimum atomic E-state index is -3.82. The van der Waals surface area contributed by atoms with Crippen LogP contribution in [0.4, 0.5) is 5.69 Å². The van der Waals surface area contributed by atoms with Crippen molar-refractivity contribution in [2.24, 2.45) is 5.14 Å². The van der Waals surface area contributed by atoms with Gasteiger partial charge in [-0.3, -0.25) is 4.79 Å². The maximum atomic E-state index is 11.9. The molecule has 1 unspecified atom stereocenters. The van der Waals surface area contributed by atoms with E-state index in [0.29, 0.717) is 5.69 Å². The first kappa shape index (κ1) is 15.9. The number of hydrogen-bond donors (Lipinski definition) is 1. The van der Waals surface area contributed by atoms with Crippen LogP contribution in [0.1, 0.15) is 22.3 Å². The van der Waals surface area contributed by atoms with E-state index in [1.807, 2.05) is 6.07 Å². The van der Waals surface area contributed by atoms with E-state index in [1.165, 1.54) is 30.2 Å². The number of anilines is 1. The van der Waals surface area contributed by atoms with Crippen molar-refractivity contribution in [3.8, 4) is 6.07 Å². The molecule has 1 aliphatic rings. The van der Waals surface area contributed by atoms with E-state index in [-0.39, 0.29) is 24.1 Å². The molecule has 0 bridgehead atoms. The molecule has 1 aliphatic heterocycles. The minimum absolute atomic E-state index is 0.0382. The summed E-state index contributed by atoms with van der Waals surface area (Å²) in [5.74, 6) is -1.08. The summed E-state index contributed by atoms with van der Waals surface area (Å²) in [6.45, 7) is -0.0832. The fraction of sp³-hybridized carbons (Fsp3) is 0.308. The lowest BCUT2D eigenvalue weighted by atomic mass is 10.1. The number of hydrogen-bond acceptors (Lipinski definition) is 6. The van der Waals surface area contributed by atoms with Crippen LogP contribution in [0.2, 0.25) is 0 Å². The second-order valence-corrected chi connectivity index (χ2v) is 6.60. The van der Waals surface area contributed by atoms with Gasteiger partial charge in [0.2, 0.25) is 15.9 Å². The molecule has 0 spiro atoms. The van der Waals surface area contributed by atoms with Crippen LogP contribution in [-0.4, -0.2) is 39.2 Å². The van der Waals surface area contributed by atoms with Crippen molar-refractivity contribution in [2.75, 3.05) is 18.6 Å². The molecule has 1 saturated heterocycles. The molecule has 8 nitrogen and oxygen atoms in total. The van der Waals surface area contributed by atoms with Gasteiger partial charge >= 0.3 is 5.97 Å². The molecule has 0 aliphatic carbocycles. The molecule has 1 aromatic rings. The third-order valence-corrected chi connectivity index (χ3v) is 4.64. The summed E-state index contributed by atoms with van der Waals surface area (Å²) >= 11 is 0. The highest BCUT2D eigenvalue weighted by Crippen LogP contribution is 2.26. The minimum Gasteiger partial charge on any atom is -0.465 e. The number of carbonyl (C=O) groups is 2. The molecule has 1 aromatic carbocycles. The number of nitrogens with two attached hydrogens (primary N) is 1. The number of carbonyl (C=O) groups excluding carboxylic acids is 2. The van der Waals surface area contributed by atoms with Crippen LogP contribution in [0, 0.1) is 11.3 Å². The Morgan fingerprint density at radius 1 is 1.50 bits per heavy atom. The third-order valence-electron chi connectivity index (χ3n) is 3.39. The number of nitrogens with zero attached hydrogens (tertiary/aromatic N) is 2. The van der Waals surface area contributed by atoms with E-state index < -0.39 is 27.1 Å². The molecule has 22 heavy (non-hydrogen) atoms. The van der Waals surface area contributed by atoms with Gasteiger partial charge in [0, 0.05) is 18.7 Å². The lowest BCUT2D eigenvalue weighted by Crippen LogP contribution is -2.32. The largest absolute Gasteiger partial charge is 0.465 e. The summed E-state index contributed by atoms with van der Waals surface area (Å²) < 4.78 is 27.3. The van der Waals surface area contributed by atoms with E-state index in [9.17, 15) is 18.0 Å². The fourth-order valence-electron chi connectivity index (χ4n) is 2.22. The lowest BCUT2D eigenvalue weighted by Gasteiger charge is -2.17. The quantitative estimate of drug-likeness (QED) is 0.762. The Labute approximate surface area is 127 Å². The lowest BCUT2D eigenvalue weighted by molar-refractivity contribution is -0.117. The molecule has 1 atom stereocenters. The Morgan fingerprint density at radius 3 is 2.68 bits per heavy atom. The van der Waals surface area contributed by atoms with E-state index in [4.69, 9.17) is 10.4 Å². The van der Waals surface area contributed by atoms with Crippen molar-refractivity contribution in [3.63, 3.8) is 0 Å². The van der Waals surface area contributed by atoms with Gasteiger partial charge in [0.25, 0.3) is 0 Å². The molecule has 1 fully saturated rings. The van der Waals surface area contributed by atoms with Crippen molar-refractivity contribution < 1.29 is 22.7 Å². The van der Waals surface area contributed by atoms with E-state index in [2.05, 4.69) is 4.74 Å². The van der Waals surface area contributed by atoms with E-state index in [0.717, 1.165) is 0 Å². The first-order chi connectivity index (χ1) is 10.3. The summed E-state index contributed by atoms with van der Waals surface area (Å²) in [6.07, 6.45) is -0.209. The molecule has 0 aromatic heterocycles. The van der Waals surface area contributed by atoms with Gasteiger partial charge < -0.3 is 9.64 Å². The Bertz CT molecular complexity index is 781. The number of primary sulfonamides is 1. The maximum absolute atomic E-state index is 11.9. The number of amides is 1. The zero-order valence-electron chi connectivity index (χ0n) is 11.6. The molecular formula is C13H13N3O5S. The van der Waals surface area contributed by atoms with Crippen molar-refractivity contribution in [3.05, 3.63) is 29.3 Å². The summed E-state index contributed by atoms with van der Waals surface area (Å²) in [5, 5.41) is 13.2. The first-order valence-corrected chi connectivity index (χ1v) is 7.83. The van der Waals surface area contributed by atoms with Gasteiger partial charge in [0.15, 0.2) is 0 Å². The van der Waals surface area contributed by atoms with Crippen molar-refractivity contribution in [1.82, 2.24) is 0 Å². The maximum Gasteiger partial charge on any atom is 0.339 e. The van der Waals surface area contributed by atoms with Crippen molar-refractivity contribution >= 4 is 27.6 Å².